The Balaban J connectivity index is 0.000000204. The maximum Gasteiger partial charge on any atom is 0.534 e. The van der Waals surface area contributed by atoms with Gasteiger partial charge >= 0.3 is 6.16 Å². The third-order valence-corrected chi connectivity index (χ3v) is 15.7. The van der Waals surface area contributed by atoms with Crippen LogP contribution in [0, 0.1) is 22.0 Å². The number of nitrogens with zero attached hydrogens (tertiary/aromatic N) is 2. The predicted octanol–water partition coefficient (Wildman–Crippen LogP) is -2.32. The summed E-state index contributed by atoms with van der Waals surface area (Å²) < 4.78 is 51.6. The minimum Gasteiger partial charge on any atom is -0.469 e. The van der Waals surface area contributed by atoms with Gasteiger partial charge in [0.25, 0.3) is 17.5 Å². The van der Waals surface area contributed by atoms with Gasteiger partial charge in [0.05, 0.1) is 54.7 Å². The maximum absolute atomic E-state index is 11.3. The highest BCUT2D eigenvalue weighted by Crippen LogP contribution is 2.36. The Kier molecular flexibility index (Phi) is 24.1. The lowest BCUT2D eigenvalue weighted by Crippen LogP contribution is -2.68. The molecule has 30 nitrogen and oxygen atoms in total. The normalized spacial score (nSPS) is 40.0. The van der Waals surface area contributed by atoms with E-state index < -0.39 is 144 Å². The Morgan fingerprint density at radius 1 is 0.699 bits per heavy atom. The number of carbonyl (C=O) groups excluding carboxylic acids is 3. The monoisotopic (exact) mass is 1190 g/mol. The van der Waals surface area contributed by atoms with Gasteiger partial charge < -0.3 is 113 Å². The number of nitro groups is 1. The van der Waals surface area contributed by atoms with Crippen molar-refractivity contribution in [1.82, 2.24) is 15.7 Å². The maximum atomic E-state index is 11.3. The summed E-state index contributed by atoms with van der Waals surface area (Å²) in [6, 6.07) is 1.88. The van der Waals surface area contributed by atoms with E-state index in [1.807, 2.05) is 13.8 Å². The molecule has 83 heavy (non-hydrogen) atoms. The second kappa shape index (κ2) is 29.6. The molecule has 18 N–H and O–H groups in total. The topological polar surface area (TPSA) is 465 Å². The fraction of sp³-hybridized carbons (Fsp3) is 0.755. The van der Waals surface area contributed by atoms with E-state index in [2.05, 4.69) is 28.5 Å². The molecule has 3 saturated heterocycles. The van der Waals surface area contributed by atoms with Crippen LogP contribution >= 0.6 is 0 Å². The van der Waals surface area contributed by atoms with E-state index in [1.165, 1.54) is 24.3 Å². The zero-order valence-corrected chi connectivity index (χ0v) is 47.9. The molecular weight excluding hydrogens is 1100 g/mol. The quantitative estimate of drug-likeness (QED) is 0.0358. The molecule has 5 heterocycles. The molecule has 2 aliphatic carbocycles. The van der Waals surface area contributed by atoms with Gasteiger partial charge in [-0.15, -0.1) is 0 Å². The average Bonchev–Trinajstić information content (AvgIpc) is 3.84. The highest BCUT2D eigenvalue weighted by molar-refractivity contribution is 6.01. The molecule has 7 aliphatic rings. The van der Waals surface area contributed by atoms with Gasteiger partial charge in [0.1, 0.15) is 66.3 Å². The predicted molar refractivity (Wildman–Crippen MR) is 289 cm³/mol. The van der Waals surface area contributed by atoms with Crippen LogP contribution < -0.4 is 39.3 Å². The van der Waals surface area contributed by atoms with E-state index in [1.54, 1.807) is 34.0 Å². The number of ether oxygens (including phenoxy) is 9. The van der Waals surface area contributed by atoms with Crippen LogP contribution in [-0.4, -0.2) is 214 Å². The van der Waals surface area contributed by atoms with Crippen LogP contribution in [0.25, 0.3) is 0 Å². The number of hydrogen-bond donors (Lipinski definition) is 13. The summed E-state index contributed by atoms with van der Waals surface area (Å²) >= 11 is 0. The summed E-state index contributed by atoms with van der Waals surface area (Å²) in [5.41, 5.74) is 28.3. The van der Waals surface area contributed by atoms with Gasteiger partial charge in [-0.25, -0.2) is 4.79 Å². The molecule has 2 unspecified atom stereocenters. The number of rotatable bonds is 16. The summed E-state index contributed by atoms with van der Waals surface area (Å²) in [6.45, 7) is 9.14. The minimum absolute atomic E-state index is 0.000351. The van der Waals surface area contributed by atoms with E-state index in [0.717, 1.165) is 18.6 Å². The molecule has 1 aromatic carbocycles. The number of allylic oxidation sites excluding steroid dienone is 2. The van der Waals surface area contributed by atoms with Gasteiger partial charge in [-0.3, -0.25) is 24.5 Å². The number of imide groups is 1. The van der Waals surface area contributed by atoms with Crippen molar-refractivity contribution in [2.24, 2.45) is 40.5 Å². The second-order valence-corrected chi connectivity index (χ2v) is 22.5. The summed E-state index contributed by atoms with van der Waals surface area (Å²) in [5, 5.41) is 80.9. The molecule has 2 amide bonds. The molecular formula is C53H87N9O21. The third-order valence-electron chi connectivity index (χ3n) is 15.7. The molecule has 0 spiro atoms. The number of nitrogens with two attached hydrogens (primary N) is 5. The first-order chi connectivity index (χ1) is 39.1. The molecule has 470 valence electrons. The Labute approximate surface area is 481 Å². The lowest BCUT2D eigenvalue weighted by atomic mass is 9.80. The highest BCUT2D eigenvalue weighted by Gasteiger charge is 2.53. The van der Waals surface area contributed by atoms with Crippen LogP contribution in [0.15, 0.2) is 47.9 Å². The zero-order chi connectivity index (χ0) is 61.2. The van der Waals surface area contributed by atoms with Crippen LogP contribution in [-0.2, 0) is 63.7 Å². The Morgan fingerprint density at radius 3 is 1.66 bits per heavy atom. The Bertz CT molecular complexity index is 2250. The molecule has 1 aromatic rings. The first kappa shape index (κ1) is 67.5. The van der Waals surface area contributed by atoms with Crippen molar-refractivity contribution in [2.75, 3.05) is 33.9 Å². The number of aliphatic hydroxyl groups excluding tert-OH is 4. The molecule has 2 saturated carbocycles. The van der Waals surface area contributed by atoms with Gasteiger partial charge in [0.2, 0.25) is 12.6 Å². The van der Waals surface area contributed by atoms with Crippen LogP contribution in [0.3, 0.4) is 0 Å². The van der Waals surface area contributed by atoms with Crippen molar-refractivity contribution in [1.29, 1.82) is 0 Å². The largest absolute Gasteiger partial charge is 0.534 e. The van der Waals surface area contributed by atoms with Crippen LogP contribution in [0.4, 0.5) is 10.5 Å². The van der Waals surface area contributed by atoms with Crippen molar-refractivity contribution < 1.29 is 97.4 Å². The SMILES string of the molecule is CCC1=CC[C@@H](C)[C@@H](OC2[C@@H](C)C[C@@H](N)[C@H](O[C@H]3OC[C@](C)(O)[C@H](NC)[C@H]3O)[C@H]2O)O1.CN[C@@H]1[C@@H](O)[C@@H](O[C@H]2[C@H](N)C[C@H](N)C(O[C@H]3OC(CN)=CC[C@H]3N)[C@@H]2O)OC[C@]1(C)O.O=C(OCc1ccc([N+](=O)[O-])cc1)ON1C(=O)CCC1=O. The fourth-order valence-corrected chi connectivity index (χ4v) is 10.9. The van der Waals surface area contributed by atoms with Gasteiger partial charge in [0, 0.05) is 55.4 Å². The summed E-state index contributed by atoms with van der Waals surface area (Å²) in [5.74, 6) is 0.402. The third kappa shape index (κ3) is 16.9. The number of benzene rings is 1. The Hall–Kier alpha value is -4.65. The fourth-order valence-electron chi connectivity index (χ4n) is 10.9. The van der Waals surface area contributed by atoms with Crippen LogP contribution in [0.1, 0.15) is 85.1 Å². The lowest BCUT2D eigenvalue weighted by molar-refractivity contribution is -0.384. The highest BCUT2D eigenvalue weighted by atomic mass is 16.8. The van der Waals surface area contributed by atoms with E-state index in [4.69, 9.17) is 71.3 Å². The van der Waals surface area contributed by atoms with Gasteiger partial charge in [0.15, 0.2) is 12.6 Å². The van der Waals surface area contributed by atoms with Crippen molar-refractivity contribution in [3.8, 4) is 0 Å². The molecule has 8 rings (SSSR count). The van der Waals surface area contributed by atoms with E-state index in [9.17, 15) is 55.1 Å². The molecule has 5 fully saturated rings. The average molecular weight is 1190 g/mol. The van der Waals surface area contributed by atoms with Crippen molar-refractivity contribution >= 4 is 23.7 Å². The lowest BCUT2D eigenvalue weighted by Gasteiger charge is -2.48. The molecule has 30 heteroatoms. The number of likely N-dealkylation sites (N-methyl/N-ethyl adjacent to an activating group) is 2. The van der Waals surface area contributed by atoms with Gasteiger partial charge in [-0.05, 0) is 89.4 Å². The van der Waals surface area contributed by atoms with Gasteiger partial charge in [-0.2, -0.15) is 0 Å². The summed E-state index contributed by atoms with van der Waals surface area (Å²) in [4.78, 5) is 48.1. The number of nitro benzene ring substituents is 1. The van der Waals surface area contributed by atoms with E-state index in [0.29, 0.717) is 35.6 Å². The van der Waals surface area contributed by atoms with E-state index >= 15 is 0 Å². The number of aliphatic hydroxyl groups is 6. The smallest absolute Gasteiger partial charge is 0.469 e. The van der Waals surface area contributed by atoms with Crippen LogP contribution in [0.5, 0.6) is 0 Å². The van der Waals surface area contributed by atoms with Gasteiger partial charge in [-0.1, -0.05) is 25.8 Å². The molecule has 22 atom stereocenters. The number of hydroxylamine groups is 2. The molecule has 5 aliphatic heterocycles. The van der Waals surface area contributed by atoms with Crippen molar-refractivity contribution in [3.05, 3.63) is 63.6 Å². The van der Waals surface area contributed by atoms with Crippen LogP contribution in [0.2, 0.25) is 0 Å². The van der Waals surface area contributed by atoms with Crippen molar-refractivity contribution in [2.45, 2.75) is 208 Å². The van der Waals surface area contributed by atoms with E-state index in [-0.39, 0.29) is 56.7 Å². The standard InChI is InChI=1S/C22H40N2O7.C19H37N5O7.C12H10N2O7/c1-6-13-8-7-11(2)20(29-13)30-17-12(3)9-14(23)18(15(17)25)31-21-16(26)19(24-5)22(4,27)10-28-21;1-19(27)7-28-18(13(26)16(19)24-2)31-15-11(23)5-10(22)14(12(15)25)30-17-9(21)4-3-8(6-20)29-17;15-10-5-6-11(16)13(10)21-12(17)20-7-8-1-3-9(4-2-8)14(18)19/h8,11-12,14-21,24-27H,6-7,9-10,23H2,1-5H3;3,9-18,24-27H,4-7,20-23H2,1-2H3;1-4H,5-7H2/t11-,12+,14-,15+,16-,17?,18+,19-,20-,21-,22+;9-,10+,11-,12+,13-,14?,15+,16-,17-,18-,19+;/m11./s1. The molecule has 0 aromatic heterocycles. The summed E-state index contributed by atoms with van der Waals surface area (Å²) in [6.07, 6.45) is -5.40. The second-order valence-electron chi connectivity index (χ2n) is 22.5. The first-order valence-electron chi connectivity index (χ1n) is 27.9. The number of non-ortho nitro benzene ring substituents is 1. The minimum atomic E-state index is -1.29. The molecule has 0 radical (unpaired) electrons. The number of nitrogens with one attached hydrogen (secondary N) is 2. The number of hydrogen-bond acceptors (Lipinski definition) is 28. The summed E-state index contributed by atoms with van der Waals surface area (Å²) in [7, 11) is 3.27. The zero-order valence-electron chi connectivity index (χ0n) is 47.9. The first-order valence-corrected chi connectivity index (χ1v) is 27.9. The molecule has 0 bridgehead atoms. The van der Waals surface area contributed by atoms with Crippen molar-refractivity contribution in [3.63, 3.8) is 0 Å². The Morgan fingerprint density at radius 2 is 1.17 bits per heavy atom. The number of carbonyl (C=O) groups is 3. The number of amides is 2.